The standard InChI is InChI=1S/C11H19NO2S2/c1-2-6-12-10(5-7-13)9-16(14)11-4-3-8-15-11/h3-4,8,10,12-13H,2,5-7,9H2,1H3. The Balaban J connectivity index is 2.44. The summed E-state index contributed by atoms with van der Waals surface area (Å²) in [6.07, 6.45) is 1.71. The summed E-state index contributed by atoms with van der Waals surface area (Å²) >= 11 is 1.52. The molecule has 0 saturated carbocycles. The molecule has 0 bridgehead atoms. The number of nitrogens with one attached hydrogen (secondary N) is 1. The van der Waals surface area contributed by atoms with Crippen molar-refractivity contribution >= 4 is 22.1 Å². The van der Waals surface area contributed by atoms with E-state index in [1.807, 2.05) is 17.5 Å². The molecule has 92 valence electrons. The number of hydrogen-bond acceptors (Lipinski definition) is 4. The summed E-state index contributed by atoms with van der Waals surface area (Å²) in [6.45, 7) is 3.15. The largest absolute Gasteiger partial charge is 0.396 e. The Morgan fingerprint density at radius 1 is 1.62 bits per heavy atom. The maximum atomic E-state index is 12.0. The molecule has 0 aliphatic heterocycles. The smallest absolute Gasteiger partial charge is 0.0911 e. The fraction of sp³-hybridized carbons (Fsp3) is 0.636. The highest BCUT2D eigenvalue weighted by molar-refractivity contribution is 7.87. The third-order valence-corrected chi connectivity index (χ3v) is 5.03. The fourth-order valence-corrected chi connectivity index (χ4v) is 3.70. The third kappa shape index (κ3) is 4.74. The van der Waals surface area contributed by atoms with Gasteiger partial charge in [0.15, 0.2) is 0 Å². The van der Waals surface area contributed by atoms with E-state index in [4.69, 9.17) is 5.11 Å². The lowest BCUT2D eigenvalue weighted by Gasteiger charge is -2.16. The van der Waals surface area contributed by atoms with E-state index in [0.29, 0.717) is 12.2 Å². The van der Waals surface area contributed by atoms with Gasteiger partial charge in [0.25, 0.3) is 0 Å². The van der Waals surface area contributed by atoms with E-state index in [-0.39, 0.29) is 12.6 Å². The van der Waals surface area contributed by atoms with Gasteiger partial charge in [-0.15, -0.1) is 11.3 Å². The van der Waals surface area contributed by atoms with Crippen LogP contribution in [0, 0.1) is 0 Å². The van der Waals surface area contributed by atoms with Crippen LogP contribution in [0.3, 0.4) is 0 Å². The maximum Gasteiger partial charge on any atom is 0.0911 e. The minimum absolute atomic E-state index is 0.142. The number of thiophene rings is 1. The Labute approximate surface area is 103 Å². The van der Waals surface area contributed by atoms with E-state index in [9.17, 15) is 4.21 Å². The molecule has 1 rings (SSSR count). The number of hydrogen-bond donors (Lipinski definition) is 2. The zero-order valence-electron chi connectivity index (χ0n) is 9.52. The van der Waals surface area contributed by atoms with Crippen LogP contribution < -0.4 is 5.32 Å². The van der Waals surface area contributed by atoms with Crippen LogP contribution >= 0.6 is 11.3 Å². The van der Waals surface area contributed by atoms with Gasteiger partial charge in [0.2, 0.25) is 0 Å². The molecule has 0 saturated heterocycles. The van der Waals surface area contributed by atoms with Crippen LogP contribution in [-0.4, -0.2) is 34.3 Å². The molecule has 0 radical (unpaired) electrons. The van der Waals surface area contributed by atoms with Crippen LogP contribution in [0.2, 0.25) is 0 Å². The lowest BCUT2D eigenvalue weighted by Crippen LogP contribution is -2.35. The van der Waals surface area contributed by atoms with E-state index in [1.54, 1.807) is 0 Å². The monoisotopic (exact) mass is 261 g/mol. The van der Waals surface area contributed by atoms with Gasteiger partial charge in [-0.3, -0.25) is 4.21 Å². The summed E-state index contributed by atoms with van der Waals surface area (Å²) in [6, 6.07) is 3.96. The molecule has 0 amide bonds. The highest BCUT2D eigenvalue weighted by atomic mass is 32.2. The molecule has 5 heteroatoms. The molecule has 0 aliphatic rings. The Morgan fingerprint density at radius 3 is 3.00 bits per heavy atom. The second kappa shape index (κ2) is 7.95. The molecule has 0 spiro atoms. The van der Waals surface area contributed by atoms with Crippen LogP contribution in [0.4, 0.5) is 0 Å². The Morgan fingerprint density at radius 2 is 2.44 bits per heavy atom. The second-order valence-electron chi connectivity index (χ2n) is 3.61. The van der Waals surface area contributed by atoms with Gasteiger partial charge in [0, 0.05) is 18.4 Å². The first kappa shape index (κ1) is 13.8. The average molecular weight is 261 g/mol. The summed E-state index contributed by atoms with van der Waals surface area (Å²) in [4.78, 5) is 0. The molecule has 2 atom stereocenters. The fourth-order valence-electron chi connectivity index (χ4n) is 1.41. The predicted molar refractivity (Wildman–Crippen MR) is 69.4 cm³/mol. The van der Waals surface area contributed by atoms with Crippen molar-refractivity contribution in [2.24, 2.45) is 0 Å². The molecule has 1 aromatic heterocycles. The van der Waals surface area contributed by atoms with E-state index in [2.05, 4.69) is 12.2 Å². The highest BCUT2D eigenvalue weighted by Gasteiger charge is 2.13. The molecule has 0 aromatic carbocycles. The van der Waals surface area contributed by atoms with Gasteiger partial charge in [-0.2, -0.15) is 0 Å². The number of aliphatic hydroxyl groups is 1. The lowest BCUT2D eigenvalue weighted by molar-refractivity contribution is 0.270. The van der Waals surface area contributed by atoms with Gasteiger partial charge in [0.1, 0.15) is 0 Å². The van der Waals surface area contributed by atoms with Crippen molar-refractivity contribution in [1.82, 2.24) is 5.32 Å². The molecule has 0 fully saturated rings. The molecular weight excluding hydrogens is 242 g/mol. The Hall–Kier alpha value is -0.230. The van der Waals surface area contributed by atoms with Gasteiger partial charge in [-0.05, 0) is 30.8 Å². The van der Waals surface area contributed by atoms with Crippen LogP contribution in [0.15, 0.2) is 21.7 Å². The van der Waals surface area contributed by atoms with Crippen molar-refractivity contribution in [3.8, 4) is 0 Å². The molecule has 0 aliphatic carbocycles. The zero-order chi connectivity index (χ0) is 11.8. The molecule has 16 heavy (non-hydrogen) atoms. The van der Waals surface area contributed by atoms with Gasteiger partial charge in [-0.1, -0.05) is 13.0 Å². The number of aliphatic hydroxyl groups excluding tert-OH is 1. The zero-order valence-corrected chi connectivity index (χ0v) is 11.1. The van der Waals surface area contributed by atoms with E-state index in [0.717, 1.165) is 17.2 Å². The normalized spacial score (nSPS) is 14.9. The van der Waals surface area contributed by atoms with E-state index in [1.165, 1.54) is 11.3 Å². The molecular formula is C11H19NO2S2. The molecule has 3 nitrogen and oxygen atoms in total. The summed E-state index contributed by atoms with van der Waals surface area (Å²) < 4.78 is 12.9. The first-order valence-corrected chi connectivity index (χ1v) is 7.74. The van der Waals surface area contributed by atoms with Crippen LogP contribution in [0.5, 0.6) is 0 Å². The average Bonchev–Trinajstić information content (AvgIpc) is 2.79. The van der Waals surface area contributed by atoms with Crippen molar-refractivity contribution in [1.29, 1.82) is 0 Å². The Kier molecular flexibility index (Phi) is 6.87. The van der Waals surface area contributed by atoms with Crippen LogP contribution in [0.25, 0.3) is 0 Å². The molecule has 2 N–H and O–H groups in total. The molecule has 1 aromatic rings. The highest BCUT2D eigenvalue weighted by Crippen LogP contribution is 2.15. The van der Waals surface area contributed by atoms with Gasteiger partial charge < -0.3 is 10.4 Å². The van der Waals surface area contributed by atoms with E-state index < -0.39 is 10.8 Å². The van der Waals surface area contributed by atoms with Crippen molar-refractivity contribution < 1.29 is 9.32 Å². The van der Waals surface area contributed by atoms with Crippen molar-refractivity contribution in [2.45, 2.75) is 30.0 Å². The van der Waals surface area contributed by atoms with E-state index >= 15 is 0 Å². The predicted octanol–water partition coefficient (Wildman–Crippen LogP) is 1.61. The lowest BCUT2D eigenvalue weighted by atomic mass is 10.2. The summed E-state index contributed by atoms with van der Waals surface area (Å²) in [5.74, 6) is 0.584. The van der Waals surface area contributed by atoms with Crippen LogP contribution in [0.1, 0.15) is 19.8 Å². The molecule has 1 heterocycles. The summed E-state index contributed by atoms with van der Waals surface area (Å²) in [7, 11) is -0.942. The first-order chi connectivity index (χ1) is 7.77. The Bertz CT molecular complexity index is 301. The summed E-state index contributed by atoms with van der Waals surface area (Å²) in [5.41, 5.74) is 0. The molecule has 2 unspecified atom stereocenters. The first-order valence-electron chi connectivity index (χ1n) is 5.54. The van der Waals surface area contributed by atoms with Crippen LogP contribution in [-0.2, 0) is 10.8 Å². The van der Waals surface area contributed by atoms with Gasteiger partial charge in [-0.25, -0.2) is 0 Å². The quantitative estimate of drug-likeness (QED) is 0.747. The SMILES string of the molecule is CCCNC(CCO)CS(=O)c1cccs1. The topological polar surface area (TPSA) is 49.3 Å². The number of rotatable bonds is 8. The summed E-state index contributed by atoms with van der Waals surface area (Å²) in [5, 5.41) is 14.2. The third-order valence-electron chi connectivity index (χ3n) is 2.23. The van der Waals surface area contributed by atoms with Crippen molar-refractivity contribution in [3.63, 3.8) is 0 Å². The maximum absolute atomic E-state index is 12.0. The van der Waals surface area contributed by atoms with Gasteiger partial charge in [0.05, 0.1) is 15.0 Å². The minimum Gasteiger partial charge on any atom is -0.396 e. The van der Waals surface area contributed by atoms with Crippen molar-refractivity contribution in [2.75, 3.05) is 18.9 Å². The van der Waals surface area contributed by atoms with Gasteiger partial charge >= 0.3 is 0 Å². The second-order valence-corrected chi connectivity index (χ2v) is 6.28. The van der Waals surface area contributed by atoms with Crippen molar-refractivity contribution in [3.05, 3.63) is 17.5 Å². The minimum atomic E-state index is -0.942.